The summed E-state index contributed by atoms with van der Waals surface area (Å²) >= 11 is 0. The van der Waals surface area contributed by atoms with Crippen LogP contribution in [0.15, 0.2) is 0 Å². The van der Waals surface area contributed by atoms with E-state index in [1.165, 1.54) is 19.3 Å². The molecular weight excluding hydrogens is 290 g/mol. The van der Waals surface area contributed by atoms with E-state index >= 15 is 0 Å². The second-order valence-corrected chi connectivity index (χ2v) is 8.36. The van der Waals surface area contributed by atoms with Crippen LogP contribution in [0.25, 0.3) is 0 Å². The topological polar surface area (TPSA) is 66.4 Å². The summed E-state index contributed by atoms with van der Waals surface area (Å²) in [4.78, 5) is 23.8. The van der Waals surface area contributed by atoms with Crippen molar-refractivity contribution in [1.82, 2.24) is 5.32 Å². The van der Waals surface area contributed by atoms with Crippen molar-refractivity contribution in [2.24, 2.45) is 23.2 Å². The quantitative estimate of drug-likeness (QED) is 0.701. The Bertz CT molecular complexity index is 395. The smallest absolute Gasteiger partial charge is 0.326 e. The molecule has 0 saturated heterocycles. The Balaban J connectivity index is 2.48. The first-order chi connectivity index (χ1) is 10.7. The lowest BCUT2D eigenvalue weighted by atomic mass is 9.70. The minimum absolute atomic E-state index is 0.0840. The first kappa shape index (κ1) is 20.0. The number of amides is 1. The summed E-state index contributed by atoms with van der Waals surface area (Å²) in [5.74, 6) is 0.361. The predicted octanol–water partition coefficient (Wildman–Crippen LogP) is 4.23. The summed E-state index contributed by atoms with van der Waals surface area (Å²) in [6.45, 7) is 10.2. The zero-order valence-corrected chi connectivity index (χ0v) is 15.5. The molecule has 0 heterocycles. The van der Waals surface area contributed by atoms with E-state index in [0.29, 0.717) is 0 Å². The van der Waals surface area contributed by atoms with Gasteiger partial charge in [0.1, 0.15) is 6.04 Å². The van der Waals surface area contributed by atoms with Crippen LogP contribution in [0.3, 0.4) is 0 Å². The number of carboxylic acids is 1. The van der Waals surface area contributed by atoms with Crippen LogP contribution in [-0.2, 0) is 9.59 Å². The van der Waals surface area contributed by atoms with Crippen LogP contribution in [0.4, 0.5) is 0 Å². The minimum Gasteiger partial charge on any atom is -0.480 e. The molecule has 0 aromatic rings. The highest BCUT2D eigenvalue weighted by molar-refractivity contribution is 5.87. The van der Waals surface area contributed by atoms with Crippen LogP contribution >= 0.6 is 0 Å². The molecule has 1 unspecified atom stereocenters. The van der Waals surface area contributed by atoms with Gasteiger partial charge in [-0.15, -0.1) is 0 Å². The van der Waals surface area contributed by atoms with Gasteiger partial charge in [0.25, 0.3) is 0 Å². The Kier molecular flexibility index (Phi) is 7.56. The fraction of sp³-hybridized carbons (Fsp3) is 0.895. The minimum atomic E-state index is -0.945. The lowest BCUT2D eigenvalue weighted by Gasteiger charge is -2.37. The summed E-state index contributed by atoms with van der Waals surface area (Å²) in [7, 11) is 0. The largest absolute Gasteiger partial charge is 0.480 e. The maximum atomic E-state index is 12.6. The molecule has 0 radical (unpaired) electrons. The SMILES string of the molecule is CC(C)CCCC1CCC(C)(C(=O)NC(C(=O)O)C(C)C)CC1. The van der Waals surface area contributed by atoms with Crippen LogP contribution in [0.5, 0.6) is 0 Å². The summed E-state index contributed by atoms with van der Waals surface area (Å²) in [6, 6.07) is -0.789. The summed E-state index contributed by atoms with van der Waals surface area (Å²) in [5, 5.41) is 12.0. The van der Waals surface area contributed by atoms with E-state index in [1.807, 2.05) is 20.8 Å². The van der Waals surface area contributed by atoms with Crippen LogP contribution in [0, 0.1) is 23.2 Å². The second kappa shape index (κ2) is 8.70. The van der Waals surface area contributed by atoms with Gasteiger partial charge in [-0.2, -0.15) is 0 Å². The first-order valence-electron chi connectivity index (χ1n) is 9.19. The van der Waals surface area contributed by atoms with Crippen molar-refractivity contribution < 1.29 is 14.7 Å². The van der Waals surface area contributed by atoms with Gasteiger partial charge in [-0.1, -0.05) is 53.9 Å². The van der Waals surface area contributed by atoms with Gasteiger partial charge < -0.3 is 10.4 Å². The highest BCUT2D eigenvalue weighted by Gasteiger charge is 2.39. The van der Waals surface area contributed by atoms with Gasteiger partial charge in [0.15, 0.2) is 0 Å². The molecule has 23 heavy (non-hydrogen) atoms. The third kappa shape index (κ3) is 6.15. The summed E-state index contributed by atoms with van der Waals surface area (Å²) in [6.07, 6.45) is 7.73. The Morgan fingerprint density at radius 2 is 1.74 bits per heavy atom. The molecular formula is C19H35NO3. The van der Waals surface area contributed by atoms with Gasteiger partial charge in [0.2, 0.25) is 5.91 Å². The van der Waals surface area contributed by atoms with Gasteiger partial charge in [0.05, 0.1) is 0 Å². The molecule has 1 rings (SSSR count). The van der Waals surface area contributed by atoms with Gasteiger partial charge in [-0.3, -0.25) is 4.79 Å². The fourth-order valence-electron chi connectivity index (χ4n) is 3.47. The lowest BCUT2D eigenvalue weighted by Crippen LogP contribution is -2.50. The van der Waals surface area contributed by atoms with Gasteiger partial charge in [-0.05, 0) is 43.4 Å². The van der Waals surface area contributed by atoms with Gasteiger partial charge in [0, 0.05) is 5.41 Å². The molecule has 1 amide bonds. The molecule has 1 aliphatic rings. The molecule has 2 N–H and O–H groups in total. The average molecular weight is 325 g/mol. The van der Waals surface area contributed by atoms with E-state index in [1.54, 1.807) is 0 Å². The van der Waals surface area contributed by atoms with Crippen molar-refractivity contribution in [3.05, 3.63) is 0 Å². The molecule has 1 fully saturated rings. The maximum Gasteiger partial charge on any atom is 0.326 e. The van der Waals surface area contributed by atoms with Crippen molar-refractivity contribution in [2.45, 2.75) is 85.6 Å². The monoisotopic (exact) mass is 325 g/mol. The number of aliphatic carboxylic acids is 1. The molecule has 134 valence electrons. The van der Waals surface area contributed by atoms with Crippen molar-refractivity contribution in [1.29, 1.82) is 0 Å². The number of nitrogens with one attached hydrogen (secondary N) is 1. The standard InChI is InChI=1S/C19H35NO3/c1-13(2)7-6-8-15-9-11-19(5,12-10-15)18(23)20-16(14(3)4)17(21)22/h13-16H,6-12H2,1-5H3,(H,20,23)(H,21,22). The van der Waals surface area contributed by atoms with Crippen molar-refractivity contribution in [3.8, 4) is 0 Å². The first-order valence-corrected chi connectivity index (χ1v) is 9.19. The average Bonchev–Trinajstić information content (AvgIpc) is 2.45. The zero-order chi connectivity index (χ0) is 17.6. The lowest BCUT2D eigenvalue weighted by molar-refractivity contribution is -0.145. The molecule has 1 aliphatic carbocycles. The molecule has 1 atom stereocenters. The molecule has 4 nitrogen and oxygen atoms in total. The van der Waals surface area contributed by atoms with E-state index in [-0.39, 0.29) is 11.8 Å². The summed E-state index contributed by atoms with van der Waals surface area (Å²) in [5.41, 5.74) is -0.406. The molecule has 0 aliphatic heterocycles. The van der Waals surface area contributed by atoms with Crippen LogP contribution < -0.4 is 5.32 Å². The normalized spacial score (nSPS) is 26.3. The van der Waals surface area contributed by atoms with Crippen LogP contribution in [0.2, 0.25) is 0 Å². The van der Waals surface area contributed by atoms with Gasteiger partial charge >= 0.3 is 5.97 Å². The van der Waals surface area contributed by atoms with Crippen molar-refractivity contribution >= 4 is 11.9 Å². The molecule has 0 aromatic heterocycles. The summed E-state index contributed by atoms with van der Waals surface area (Å²) < 4.78 is 0. The number of carbonyl (C=O) groups excluding carboxylic acids is 1. The van der Waals surface area contributed by atoms with Crippen molar-refractivity contribution in [3.63, 3.8) is 0 Å². The second-order valence-electron chi connectivity index (χ2n) is 8.36. The van der Waals surface area contributed by atoms with Crippen LogP contribution in [-0.4, -0.2) is 23.0 Å². The third-order valence-corrected chi connectivity index (χ3v) is 5.37. The van der Waals surface area contributed by atoms with E-state index < -0.39 is 17.4 Å². The number of carbonyl (C=O) groups is 2. The molecule has 0 bridgehead atoms. The number of hydrogen-bond donors (Lipinski definition) is 2. The maximum absolute atomic E-state index is 12.6. The Morgan fingerprint density at radius 3 is 2.17 bits per heavy atom. The highest BCUT2D eigenvalue weighted by atomic mass is 16.4. The number of carboxylic acid groups (broad SMARTS) is 1. The number of hydrogen-bond acceptors (Lipinski definition) is 2. The molecule has 0 spiro atoms. The number of rotatable bonds is 8. The highest BCUT2D eigenvalue weighted by Crippen LogP contribution is 2.40. The van der Waals surface area contributed by atoms with Crippen molar-refractivity contribution in [2.75, 3.05) is 0 Å². The van der Waals surface area contributed by atoms with E-state index in [4.69, 9.17) is 0 Å². The van der Waals surface area contributed by atoms with E-state index in [2.05, 4.69) is 19.2 Å². The van der Waals surface area contributed by atoms with E-state index in [9.17, 15) is 14.7 Å². The van der Waals surface area contributed by atoms with E-state index in [0.717, 1.165) is 37.5 Å². The molecule has 1 saturated carbocycles. The Labute approximate surface area is 141 Å². The third-order valence-electron chi connectivity index (χ3n) is 5.37. The molecule has 4 heteroatoms. The molecule has 0 aromatic carbocycles. The zero-order valence-electron chi connectivity index (χ0n) is 15.5. The predicted molar refractivity (Wildman–Crippen MR) is 93.2 cm³/mol. The Hall–Kier alpha value is -1.06. The Morgan fingerprint density at radius 1 is 1.17 bits per heavy atom. The van der Waals surface area contributed by atoms with Gasteiger partial charge in [-0.25, -0.2) is 4.79 Å². The van der Waals surface area contributed by atoms with Crippen LogP contribution in [0.1, 0.15) is 79.6 Å². The fourth-order valence-corrected chi connectivity index (χ4v) is 3.47.